The van der Waals surface area contributed by atoms with E-state index in [1.165, 1.54) is 0 Å². The Morgan fingerprint density at radius 1 is 1.38 bits per heavy atom. The molecule has 0 aliphatic carbocycles. The monoisotopic (exact) mass is 231 g/mol. The topological polar surface area (TPSA) is 58.6 Å². The molecule has 0 aromatic carbocycles. The van der Waals surface area contributed by atoms with Gasteiger partial charge in [0.05, 0.1) is 19.6 Å². The number of rotatable bonds is 8. The summed E-state index contributed by atoms with van der Waals surface area (Å²) in [5.74, 6) is 0.336. The molecule has 4 nitrogen and oxygen atoms in total. The second kappa shape index (κ2) is 8.53. The minimum absolute atomic E-state index is 0.0370. The van der Waals surface area contributed by atoms with E-state index in [4.69, 9.17) is 4.74 Å². The summed E-state index contributed by atoms with van der Waals surface area (Å²) < 4.78 is 4.87. The molecule has 0 radical (unpaired) electrons. The standard InChI is InChI=1S/C12H25NO3/c1-5-16-12(15)7-10(4)13-11(8-14)6-9(2)3/h9-11,13-14H,5-8H2,1-4H3. The quantitative estimate of drug-likeness (QED) is 0.619. The SMILES string of the molecule is CCOC(=O)CC(C)NC(CO)CC(C)C. The van der Waals surface area contributed by atoms with Crippen LogP contribution in [-0.2, 0) is 9.53 Å². The lowest BCUT2D eigenvalue weighted by Gasteiger charge is -2.22. The largest absolute Gasteiger partial charge is 0.466 e. The molecule has 0 aromatic rings. The van der Waals surface area contributed by atoms with Gasteiger partial charge in [-0.25, -0.2) is 0 Å². The molecule has 0 aliphatic rings. The fraction of sp³-hybridized carbons (Fsp3) is 0.917. The van der Waals surface area contributed by atoms with Gasteiger partial charge in [-0.15, -0.1) is 0 Å². The third kappa shape index (κ3) is 7.65. The Bertz CT molecular complexity index is 195. The van der Waals surface area contributed by atoms with Crippen molar-refractivity contribution in [2.75, 3.05) is 13.2 Å². The average molecular weight is 231 g/mol. The van der Waals surface area contributed by atoms with E-state index in [2.05, 4.69) is 19.2 Å². The molecule has 0 saturated heterocycles. The molecule has 0 fully saturated rings. The van der Waals surface area contributed by atoms with Crippen LogP contribution in [0.3, 0.4) is 0 Å². The number of carbonyl (C=O) groups is 1. The van der Waals surface area contributed by atoms with Crippen molar-refractivity contribution in [2.24, 2.45) is 5.92 Å². The number of esters is 1. The molecule has 96 valence electrons. The van der Waals surface area contributed by atoms with Crippen LogP contribution in [0.15, 0.2) is 0 Å². The van der Waals surface area contributed by atoms with Gasteiger partial charge in [0.2, 0.25) is 0 Å². The predicted octanol–water partition coefficient (Wildman–Crippen LogP) is 1.32. The predicted molar refractivity (Wildman–Crippen MR) is 64.2 cm³/mol. The van der Waals surface area contributed by atoms with Gasteiger partial charge in [0.1, 0.15) is 0 Å². The number of hydrogen-bond acceptors (Lipinski definition) is 4. The highest BCUT2D eigenvalue weighted by atomic mass is 16.5. The molecule has 0 heterocycles. The summed E-state index contributed by atoms with van der Waals surface area (Å²) in [7, 11) is 0. The maximum atomic E-state index is 11.2. The fourth-order valence-corrected chi connectivity index (χ4v) is 1.70. The van der Waals surface area contributed by atoms with Crippen LogP contribution in [0.4, 0.5) is 0 Å². The van der Waals surface area contributed by atoms with Crippen molar-refractivity contribution in [3.8, 4) is 0 Å². The third-order valence-electron chi connectivity index (χ3n) is 2.27. The second-order valence-corrected chi connectivity index (χ2v) is 4.59. The van der Waals surface area contributed by atoms with Gasteiger partial charge in [0.15, 0.2) is 0 Å². The van der Waals surface area contributed by atoms with Gasteiger partial charge in [-0.3, -0.25) is 4.79 Å². The first-order valence-corrected chi connectivity index (χ1v) is 6.02. The van der Waals surface area contributed by atoms with Crippen LogP contribution in [-0.4, -0.2) is 36.4 Å². The molecule has 0 rings (SSSR count). The highest BCUT2D eigenvalue weighted by Gasteiger charge is 2.15. The number of aliphatic hydroxyl groups excluding tert-OH is 1. The van der Waals surface area contributed by atoms with Crippen molar-refractivity contribution >= 4 is 5.97 Å². The van der Waals surface area contributed by atoms with Crippen LogP contribution in [0.25, 0.3) is 0 Å². The molecular weight excluding hydrogens is 206 g/mol. The average Bonchev–Trinajstić information content (AvgIpc) is 2.15. The number of nitrogens with one attached hydrogen (secondary N) is 1. The Kier molecular flexibility index (Phi) is 8.21. The van der Waals surface area contributed by atoms with Crippen molar-refractivity contribution in [1.82, 2.24) is 5.32 Å². The zero-order valence-electron chi connectivity index (χ0n) is 10.8. The Hall–Kier alpha value is -0.610. The Labute approximate surface area is 98.4 Å². The van der Waals surface area contributed by atoms with Crippen LogP contribution in [0.1, 0.15) is 40.5 Å². The van der Waals surface area contributed by atoms with Crippen molar-refractivity contribution in [2.45, 2.75) is 52.6 Å². The minimum atomic E-state index is -0.191. The third-order valence-corrected chi connectivity index (χ3v) is 2.27. The number of carbonyl (C=O) groups excluding carboxylic acids is 1. The number of hydrogen-bond donors (Lipinski definition) is 2. The molecule has 0 aromatic heterocycles. The second-order valence-electron chi connectivity index (χ2n) is 4.59. The molecule has 2 atom stereocenters. The highest BCUT2D eigenvalue weighted by molar-refractivity contribution is 5.70. The number of ether oxygens (including phenoxy) is 1. The van der Waals surface area contributed by atoms with Crippen molar-refractivity contribution in [3.63, 3.8) is 0 Å². The summed E-state index contributed by atoms with van der Waals surface area (Å²) in [4.78, 5) is 11.2. The molecule has 2 unspecified atom stereocenters. The molecule has 0 amide bonds. The molecule has 2 N–H and O–H groups in total. The van der Waals surface area contributed by atoms with E-state index in [0.717, 1.165) is 6.42 Å². The van der Waals surface area contributed by atoms with Gasteiger partial charge in [-0.1, -0.05) is 13.8 Å². The molecule has 16 heavy (non-hydrogen) atoms. The first-order valence-electron chi connectivity index (χ1n) is 6.02. The Morgan fingerprint density at radius 3 is 2.44 bits per heavy atom. The van der Waals surface area contributed by atoms with Gasteiger partial charge in [0, 0.05) is 12.1 Å². The van der Waals surface area contributed by atoms with Gasteiger partial charge in [-0.05, 0) is 26.2 Å². The van der Waals surface area contributed by atoms with E-state index < -0.39 is 0 Å². The fourth-order valence-electron chi connectivity index (χ4n) is 1.70. The molecule has 0 spiro atoms. The summed E-state index contributed by atoms with van der Waals surface area (Å²) in [5.41, 5.74) is 0. The highest BCUT2D eigenvalue weighted by Crippen LogP contribution is 2.06. The summed E-state index contributed by atoms with van der Waals surface area (Å²) >= 11 is 0. The summed E-state index contributed by atoms with van der Waals surface area (Å²) in [5, 5.41) is 12.4. The van der Waals surface area contributed by atoms with Crippen molar-refractivity contribution in [3.05, 3.63) is 0 Å². The van der Waals surface area contributed by atoms with Crippen molar-refractivity contribution < 1.29 is 14.6 Å². The maximum absolute atomic E-state index is 11.2. The zero-order valence-corrected chi connectivity index (χ0v) is 10.8. The summed E-state index contributed by atoms with van der Waals surface area (Å²) in [6.07, 6.45) is 1.26. The molecule has 4 heteroatoms. The van der Waals surface area contributed by atoms with Gasteiger partial charge in [0.25, 0.3) is 0 Å². The van der Waals surface area contributed by atoms with E-state index >= 15 is 0 Å². The van der Waals surface area contributed by atoms with Crippen LogP contribution in [0.2, 0.25) is 0 Å². The van der Waals surface area contributed by atoms with Crippen LogP contribution >= 0.6 is 0 Å². The van der Waals surface area contributed by atoms with E-state index in [9.17, 15) is 9.90 Å². The van der Waals surface area contributed by atoms with Crippen LogP contribution in [0.5, 0.6) is 0 Å². The number of aliphatic hydroxyl groups is 1. The first kappa shape index (κ1) is 15.4. The van der Waals surface area contributed by atoms with Gasteiger partial charge in [-0.2, -0.15) is 0 Å². The lowest BCUT2D eigenvalue weighted by molar-refractivity contribution is -0.143. The molecular formula is C12H25NO3. The van der Waals surface area contributed by atoms with Crippen LogP contribution < -0.4 is 5.32 Å². The lowest BCUT2D eigenvalue weighted by Crippen LogP contribution is -2.41. The molecule has 0 aliphatic heterocycles. The Morgan fingerprint density at radius 2 is 2.00 bits per heavy atom. The van der Waals surface area contributed by atoms with E-state index in [1.807, 2.05) is 6.92 Å². The Balaban J connectivity index is 3.90. The zero-order chi connectivity index (χ0) is 12.6. The van der Waals surface area contributed by atoms with Crippen molar-refractivity contribution in [1.29, 1.82) is 0 Å². The lowest BCUT2D eigenvalue weighted by atomic mass is 10.0. The van der Waals surface area contributed by atoms with E-state index in [1.54, 1.807) is 6.92 Å². The summed E-state index contributed by atoms with van der Waals surface area (Å²) in [6, 6.07) is 0.0966. The smallest absolute Gasteiger partial charge is 0.307 e. The van der Waals surface area contributed by atoms with E-state index in [-0.39, 0.29) is 24.7 Å². The molecule has 0 saturated carbocycles. The first-order chi connectivity index (χ1) is 7.49. The van der Waals surface area contributed by atoms with Crippen LogP contribution in [0, 0.1) is 5.92 Å². The molecule has 0 bridgehead atoms. The minimum Gasteiger partial charge on any atom is -0.466 e. The van der Waals surface area contributed by atoms with Gasteiger partial charge >= 0.3 is 5.97 Å². The van der Waals surface area contributed by atoms with E-state index in [0.29, 0.717) is 18.9 Å². The normalized spacial score (nSPS) is 14.9. The summed E-state index contributed by atoms with van der Waals surface area (Å²) in [6.45, 7) is 8.47. The van der Waals surface area contributed by atoms with Gasteiger partial charge < -0.3 is 15.2 Å². The maximum Gasteiger partial charge on any atom is 0.307 e.